The van der Waals surface area contributed by atoms with Gasteiger partial charge in [-0.2, -0.15) is 10.2 Å². The van der Waals surface area contributed by atoms with Gasteiger partial charge in [0, 0.05) is 67.0 Å². The van der Waals surface area contributed by atoms with Crippen LogP contribution in [-0.2, 0) is 9.53 Å². The van der Waals surface area contributed by atoms with Gasteiger partial charge in [0.05, 0.1) is 36.0 Å². The molecule has 0 spiro atoms. The molecule has 3 aromatic rings. The Morgan fingerprint density at radius 3 is 2.57 bits per heavy atom. The molecule has 42 heavy (non-hydrogen) atoms. The minimum Gasteiger partial charge on any atom is -0.379 e. The van der Waals surface area contributed by atoms with Crippen LogP contribution in [0.5, 0.6) is 0 Å². The van der Waals surface area contributed by atoms with Crippen molar-refractivity contribution < 1.29 is 9.53 Å². The zero-order valence-corrected chi connectivity index (χ0v) is 26.2. The number of H-pyrrole nitrogens is 1. The Balaban J connectivity index is 1.39. The van der Waals surface area contributed by atoms with Gasteiger partial charge in [-0.05, 0) is 77.0 Å². The third kappa shape index (κ3) is 5.35. The fourth-order valence-electron chi connectivity index (χ4n) is 7.48. The van der Waals surface area contributed by atoms with Crippen molar-refractivity contribution in [2.45, 2.75) is 65.0 Å². The molecule has 0 unspecified atom stereocenters. The molecule has 1 N–H and O–H groups in total. The number of carbonyl (C=O) groups excluding carboxylic acids is 1. The summed E-state index contributed by atoms with van der Waals surface area (Å²) in [5, 5.41) is 14.7. The number of ether oxygens (including phenoxy) is 1. The summed E-state index contributed by atoms with van der Waals surface area (Å²) in [5.41, 5.74) is 5.12. The average Bonchev–Trinajstić information content (AvgIpc) is 3.57. The van der Waals surface area contributed by atoms with Crippen molar-refractivity contribution in [3.05, 3.63) is 41.2 Å². The summed E-state index contributed by atoms with van der Waals surface area (Å²) in [6.45, 7) is 19.8. The third-order valence-corrected chi connectivity index (χ3v) is 10.2. The van der Waals surface area contributed by atoms with E-state index in [0.717, 1.165) is 109 Å². The lowest BCUT2D eigenvalue weighted by Crippen LogP contribution is -2.53. The molecular weight excluding hydrogens is 550 g/mol. The topological polar surface area (TPSA) is 82.5 Å². The molecule has 10 heteroatoms. The first-order valence-corrected chi connectivity index (χ1v) is 15.8. The fourth-order valence-corrected chi connectivity index (χ4v) is 7.73. The van der Waals surface area contributed by atoms with Crippen LogP contribution in [0.15, 0.2) is 24.9 Å². The van der Waals surface area contributed by atoms with E-state index >= 15 is 0 Å². The number of aryl methyl sites for hydroxylation is 1. The van der Waals surface area contributed by atoms with Crippen LogP contribution in [0, 0.1) is 19.8 Å². The molecule has 0 aliphatic carbocycles. The van der Waals surface area contributed by atoms with Crippen molar-refractivity contribution in [3.63, 3.8) is 0 Å². The predicted octanol–water partition coefficient (Wildman–Crippen LogP) is 5.37. The normalized spacial score (nSPS) is 22.2. The number of piperidine rings is 2. The molecular formula is C32H44ClN7O2. The molecule has 9 nitrogen and oxygen atoms in total. The van der Waals surface area contributed by atoms with E-state index in [2.05, 4.69) is 65.0 Å². The summed E-state index contributed by atoms with van der Waals surface area (Å²) < 4.78 is 7.81. The van der Waals surface area contributed by atoms with E-state index in [1.807, 2.05) is 11.1 Å². The number of aromatic nitrogens is 4. The number of nitrogens with one attached hydrogen (secondary N) is 1. The highest BCUT2D eigenvalue weighted by Crippen LogP contribution is 2.47. The van der Waals surface area contributed by atoms with Crippen LogP contribution in [0.2, 0.25) is 5.02 Å². The number of rotatable bonds is 6. The van der Waals surface area contributed by atoms with Crippen LogP contribution >= 0.6 is 11.6 Å². The molecule has 226 valence electrons. The highest BCUT2D eigenvalue weighted by Gasteiger charge is 2.40. The van der Waals surface area contributed by atoms with Crippen LogP contribution in [-0.4, -0.2) is 93.7 Å². The lowest BCUT2D eigenvalue weighted by atomic mass is 9.81. The second-order valence-electron chi connectivity index (χ2n) is 12.9. The number of aromatic amines is 1. The Morgan fingerprint density at radius 1 is 1.14 bits per heavy atom. The third-order valence-electron chi connectivity index (χ3n) is 9.70. The van der Waals surface area contributed by atoms with E-state index in [1.54, 1.807) is 0 Å². The van der Waals surface area contributed by atoms with Crippen LogP contribution in [0.1, 0.15) is 56.8 Å². The Kier molecular flexibility index (Phi) is 8.11. The number of amides is 1. The molecule has 3 aliphatic rings. The number of benzene rings is 1. The summed E-state index contributed by atoms with van der Waals surface area (Å²) in [4.78, 5) is 19.2. The average molecular weight is 594 g/mol. The van der Waals surface area contributed by atoms with Crippen molar-refractivity contribution in [1.82, 2.24) is 29.8 Å². The number of anilines is 1. The minimum absolute atomic E-state index is 0.00241. The molecule has 0 radical (unpaired) electrons. The summed E-state index contributed by atoms with van der Waals surface area (Å²) in [5.74, 6) is 1.64. The molecule has 2 aromatic heterocycles. The first-order valence-electron chi connectivity index (χ1n) is 15.4. The lowest BCUT2D eigenvalue weighted by molar-refractivity contribution is -0.127. The summed E-state index contributed by atoms with van der Waals surface area (Å²) in [6.07, 6.45) is 7.23. The second kappa shape index (κ2) is 11.7. The molecule has 1 amide bonds. The highest BCUT2D eigenvalue weighted by atomic mass is 35.5. The van der Waals surface area contributed by atoms with Crippen molar-refractivity contribution in [2.75, 3.05) is 57.4 Å². The summed E-state index contributed by atoms with van der Waals surface area (Å²) >= 11 is 7.15. The summed E-state index contributed by atoms with van der Waals surface area (Å²) in [6, 6.07) is 2.28. The highest BCUT2D eigenvalue weighted by molar-refractivity contribution is 6.36. The van der Waals surface area contributed by atoms with Gasteiger partial charge in [-0.1, -0.05) is 18.2 Å². The molecule has 1 aromatic carbocycles. The van der Waals surface area contributed by atoms with E-state index in [1.165, 1.54) is 6.08 Å². The maximum absolute atomic E-state index is 12.3. The monoisotopic (exact) mass is 593 g/mol. The lowest BCUT2D eigenvalue weighted by Gasteiger charge is -2.47. The fraction of sp³-hybridized carbons (Fsp3) is 0.594. The van der Waals surface area contributed by atoms with Crippen molar-refractivity contribution in [3.8, 4) is 11.1 Å². The standard InChI is InChI=1S/C32H44ClN7O2/c1-6-27(41)38-10-8-24(9-11-38)40-22(3)28(29-25-19-34-35-26(25)17-21(2)30(29)33)31(36-40)39-12-7-23(18-32(39,4)5)20-37-13-15-42-16-14-37/h6,17,19,23-24H,1,7-16,18,20H2,2-5H3,(H,34,35)/t23-/m0/s1. The molecule has 0 saturated carbocycles. The zero-order valence-electron chi connectivity index (χ0n) is 25.5. The first-order chi connectivity index (χ1) is 20.2. The van der Waals surface area contributed by atoms with Gasteiger partial charge >= 0.3 is 0 Å². The molecule has 6 rings (SSSR count). The van der Waals surface area contributed by atoms with Gasteiger partial charge in [0.2, 0.25) is 5.91 Å². The smallest absolute Gasteiger partial charge is 0.245 e. The molecule has 3 aliphatic heterocycles. The maximum atomic E-state index is 12.3. The van der Waals surface area contributed by atoms with Gasteiger partial charge in [-0.15, -0.1) is 0 Å². The van der Waals surface area contributed by atoms with Gasteiger partial charge in [-0.25, -0.2) is 0 Å². The summed E-state index contributed by atoms with van der Waals surface area (Å²) in [7, 11) is 0. The Morgan fingerprint density at radius 2 is 1.88 bits per heavy atom. The molecule has 0 bridgehead atoms. The number of likely N-dealkylation sites (tertiary alicyclic amines) is 1. The predicted molar refractivity (Wildman–Crippen MR) is 168 cm³/mol. The van der Waals surface area contributed by atoms with Gasteiger partial charge in [0.25, 0.3) is 0 Å². The number of halogens is 1. The number of fused-ring (bicyclic) bond motifs is 1. The number of nitrogens with zero attached hydrogens (tertiary/aromatic N) is 6. The van der Waals surface area contributed by atoms with Gasteiger partial charge < -0.3 is 14.5 Å². The van der Waals surface area contributed by atoms with Crippen molar-refractivity contribution >= 4 is 34.2 Å². The number of morpholine rings is 1. The van der Waals surface area contributed by atoms with Crippen LogP contribution in [0.3, 0.4) is 0 Å². The first kappa shape index (κ1) is 29.2. The van der Waals surface area contributed by atoms with E-state index in [4.69, 9.17) is 21.4 Å². The van der Waals surface area contributed by atoms with Crippen molar-refractivity contribution in [1.29, 1.82) is 0 Å². The quantitative estimate of drug-likeness (QED) is 0.387. The largest absolute Gasteiger partial charge is 0.379 e. The molecule has 3 fully saturated rings. The minimum atomic E-state index is -0.0822. The zero-order chi connectivity index (χ0) is 29.6. The Hall–Kier alpha value is -2.88. The van der Waals surface area contributed by atoms with Crippen LogP contribution < -0.4 is 4.90 Å². The Labute approximate surface area is 253 Å². The van der Waals surface area contributed by atoms with Gasteiger partial charge in [0.1, 0.15) is 0 Å². The van der Waals surface area contributed by atoms with Gasteiger partial charge in [-0.3, -0.25) is 19.5 Å². The second-order valence-corrected chi connectivity index (χ2v) is 13.3. The Bertz CT molecular complexity index is 1460. The number of carbonyl (C=O) groups is 1. The SMILES string of the molecule is C=CC(=O)N1CCC(n2nc(N3CC[C@H](CN4CCOCC4)CC3(C)C)c(-c3c(Cl)c(C)cc4[nH]ncc34)c2C)CC1. The molecule has 3 saturated heterocycles. The van der Waals surface area contributed by atoms with Crippen LogP contribution in [0.4, 0.5) is 5.82 Å². The maximum Gasteiger partial charge on any atom is 0.245 e. The van der Waals surface area contributed by atoms with E-state index in [-0.39, 0.29) is 17.5 Å². The van der Waals surface area contributed by atoms with E-state index < -0.39 is 0 Å². The number of hydrogen-bond acceptors (Lipinski definition) is 6. The van der Waals surface area contributed by atoms with Gasteiger partial charge in [0.15, 0.2) is 5.82 Å². The van der Waals surface area contributed by atoms with E-state index in [0.29, 0.717) is 19.0 Å². The van der Waals surface area contributed by atoms with E-state index in [9.17, 15) is 4.79 Å². The van der Waals surface area contributed by atoms with Crippen LogP contribution in [0.25, 0.3) is 22.0 Å². The molecule has 5 heterocycles. The number of hydrogen-bond donors (Lipinski definition) is 1. The van der Waals surface area contributed by atoms with Crippen molar-refractivity contribution in [2.24, 2.45) is 5.92 Å². The molecule has 1 atom stereocenters.